The lowest BCUT2D eigenvalue weighted by Crippen LogP contribution is -2.12. The Bertz CT molecular complexity index is 999. The molecule has 0 unspecified atom stereocenters. The highest BCUT2D eigenvalue weighted by Gasteiger charge is 2.41. The first-order chi connectivity index (χ1) is 16.6. The first-order valence-corrected chi connectivity index (χ1v) is 13.6. The van der Waals surface area contributed by atoms with Crippen molar-refractivity contribution in [2.45, 2.75) is 79.6 Å². The highest BCUT2D eigenvalue weighted by molar-refractivity contribution is 6.31. The molecule has 0 saturated heterocycles. The van der Waals surface area contributed by atoms with Crippen LogP contribution in [0.2, 0.25) is 0 Å². The van der Waals surface area contributed by atoms with Crippen LogP contribution in [0.25, 0.3) is 10.9 Å². The Morgan fingerprint density at radius 3 is 2.11 bits per heavy atom. The van der Waals surface area contributed by atoms with E-state index in [0.29, 0.717) is 5.41 Å². The van der Waals surface area contributed by atoms with E-state index in [2.05, 4.69) is 43.4 Å². The van der Waals surface area contributed by atoms with Crippen LogP contribution in [0.15, 0.2) is 59.7 Å². The molecule has 0 bridgehead atoms. The van der Waals surface area contributed by atoms with Gasteiger partial charge in [-0.1, -0.05) is 88.9 Å². The summed E-state index contributed by atoms with van der Waals surface area (Å²) in [6.45, 7) is 14.9. The Labute approximate surface area is 219 Å². The number of aryl methyl sites for hydroxylation is 1. The van der Waals surface area contributed by atoms with Gasteiger partial charge in [0, 0.05) is 24.5 Å². The normalized spacial score (nSPS) is 21.0. The van der Waals surface area contributed by atoms with Gasteiger partial charge in [0.2, 0.25) is 0 Å². The Morgan fingerprint density at radius 2 is 1.63 bits per heavy atom. The minimum absolute atomic E-state index is 0.418. The first kappa shape index (κ1) is 29.1. The van der Waals surface area contributed by atoms with Crippen molar-refractivity contribution in [1.29, 1.82) is 0 Å². The number of benzene rings is 1. The van der Waals surface area contributed by atoms with Crippen molar-refractivity contribution in [3.63, 3.8) is 0 Å². The maximum absolute atomic E-state index is 5.86. The number of anilines is 1. The maximum Gasteiger partial charge on any atom is 0.139 e. The molecule has 2 saturated carbocycles. The van der Waals surface area contributed by atoms with Gasteiger partial charge in [-0.05, 0) is 74.1 Å². The number of fused-ring (bicyclic) bond motifs is 1. The van der Waals surface area contributed by atoms with Crippen LogP contribution in [0.4, 0.5) is 5.82 Å². The largest absolute Gasteiger partial charge is 0.362 e. The molecule has 4 heteroatoms. The summed E-state index contributed by atoms with van der Waals surface area (Å²) in [5, 5.41) is 1.89. The average molecular weight is 496 g/mol. The summed E-state index contributed by atoms with van der Waals surface area (Å²) >= 11 is 5.86. The molecule has 0 aliphatic heterocycles. The van der Waals surface area contributed by atoms with Gasteiger partial charge >= 0.3 is 0 Å². The topological polar surface area (TPSA) is 29.0 Å². The van der Waals surface area contributed by atoms with E-state index in [-0.39, 0.29) is 0 Å². The van der Waals surface area contributed by atoms with E-state index >= 15 is 0 Å². The number of aromatic nitrogens is 2. The van der Waals surface area contributed by atoms with E-state index in [0.717, 1.165) is 39.4 Å². The van der Waals surface area contributed by atoms with Crippen LogP contribution >= 0.6 is 11.6 Å². The SMILES string of the molecule is C=C(/C=C\C(Cl)=C/C)C1(CC)CC1.CC1CCC(C)CC1.Cc1nc(N(C)C)c2ccccc2n1. The van der Waals surface area contributed by atoms with Crippen LogP contribution < -0.4 is 4.90 Å². The van der Waals surface area contributed by atoms with Crippen molar-refractivity contribution in [2.24, 2.45) is 17.3 Å². The zero-order valence-corrected chi connectivity index (χ0v) is 23.8. The molecule has 0 atom stereocenters. The van der Waals surface area contributed by atoms with E-state index in [1.165, 1.54) is 50.5 Å². The molecule has 1 aromatic heterocycles. The summed E-state index contributed by atoms with van der Waals surface area (Å²) in [4.78, 5) is 10.8. The Balaban J connectivity index is 0.000000192. The number of rotatable bonds is 5. The fraction of sp³-hybridized carbons (Fsp3) is 0.548. The highest BCUT2D eigenvalue weighted by atomic mass is 35.5. The molecule has 0 spiro atoms. The van der Waals surface area contributed by atoms with Gasteiger partial charge in [-0.15, -0.1) is 0 Å². The van der Waals surface area contributed by atoms with Gasteiger partial charge in [-0.2, -0.15) is 0 Å². The Morgan fingerprint density at radius 1 is 1.06 bits per heavy atom. The highest BCUT2D eigenvalue weighted by Crippen LogP contribution is 2.54. The minimum Gasteiger partial charge on any atom is -0.362 e. The third kappa shape index (κ3) is 9.11. The standard InChI is InChI=1S/C12H17Cl.C11H13N3.C8H16/c1-4-11(13)7-6-10(3)12(5-2)8-9-12;1-8-12-10-7-5-4-6-9(10)11(13-8)14(2)3;1-7-3-5-8(2)6-4-7/h4,6-7H,3,5,8-9H2,1-2H3;4-7H,1-3H3;7-8H,3-6H2,1-2H3/b7-6-,11-4+;;. The number of allylic oxidation sites excluding steroid dienone is 5. The van der Waals surface area contributed by atoms with Crippen LogP contribution in [-0.2, 0) is 0 Å². The average Bonchev–Trinajstić information content (AvgIpc) is 3.66. The summed E-state index contributed by atoms with van der Waals surface area (Å²) in [6, 6.07) is 8.06. The molecule has 2 aromatic rings. The second-order valence-corrected chi connectivity index (χ2v) is 11.0. The van der Waals surface area contributed by atoms with Crippen molar-refractivity contribution in [3.05, 3.63) is 65.5 Å². The molecule has 2 fully saturated rings. The summed E-state index contributed by atoms with van der Waals surface area (Å²) in [5.74, 6) is 3.83. The smallest absolute Gasteiger partial charge is 0.139 e. The molecule has 3 nitrogen and oxygen atoms in total. The van der Waals surface area contributed by atoms with Gasteiger partial charge in [-0.25, -0.2) is 9.97 Å². The van der Waals surface area contributed by atoms with Gasteiger partial charge in [0.25, 0.3) is 0 Å². The Kier molecular flexibility index (Phi) is 11.5. The molecule has 0 N–H and O–H groups in total. The third-order valence-corrected chi connectivity index (χ3v) is 7.70. The third-order valence-electron chi connectivity index (χ3n) is 7.35. The summed E-state index contributed by atoms with van der Waals surface area (Å²) in [5.41, 5.74) is 2.65. The molecular weight excluding hydrogens is 450 g/mol. The second kappa shape index (κ2) is 13.8. The maximum atomic E-state index is 5.86. The molecule has 0 radical (unpaired) electrons. The molecule has 4 rings (SSSR count). The number of nitrogens with zero attached hydrogens (tertiary/aromatic N) is 3. The van der Waals surface area contributed by atoms with Gasteiger partial charge in [0.1, 0.15) is 11.6 Å². The van der Waals surface area contributed by atoms with Gasteiger partial charge < -0.3 is 4.90 Å². The zero-order chi connectivity index (χ0) is 26.0. The first-order valence-electron chi connectivity index (χ1n) is 13.2. The van der Waals surface area contributed by atoms with E-state index in [1.54, 1.807) is 0 Å². The number of hydrogen-bond acceptors (Lipinski definition) is 3. The zero-order valence-electron chi connectivity index (χ0n) is 23.1. The van der Waals surface area contributed by atoms with E-state index in [1.807, 2.05) is 69.3 Å². The van der Waals surface area contributed by atoms with Gasteiger partial charge in [-0.3, -0.25) is 0 Å². The molecule has 1 aromatic carbocycles. The van der Waals surface area contributed by atoms with E-state index in [9.17, 15) is 0 Å². The monoisotopic (exact) mass is 495 g/mol. The second-order valence-electron chi connectivity index (χ2n) is 10.5. The molecule has 0 amide bonds. The van der Waals surface area contributed by atoms with Crippen molar-refractivity contribution >= 4 is 28.3 Å². The number of hydrogen-bond donors (Lipinski definition) is 0. The summed E-state index contributed by atoms with van der Waals surface area (Å²) in [7, 11) is 3.99. The molecule has 192 valence electrons. The van der Waals surface area contributed by atoms with Crippen molar-refractivity contribution in [1.82, 2.24) is 9.97 Å². The van der Waals surface area contributed by atoms with Crippen molar-refractivity contribution in [3.8, 4) is 0 Å². The molecule has 2 aliphatic rings. The fourth-order valence-corrected chi connectivity index (χ4v) is 4.51. The molecule has 1 heterocycles. The number of para-hydroxylation sites is 1. The lowest BCUT2D eigenvalue weighted by Gasteiger charge is -2.22. The quantitative estimate of drug-likeness (QED) is 0.387. The summed E-state index contributed by atoms with van der Waals surface area (Å²) < 4.78 is 0. The lowest BCUT2D eigenvalue weighted by molar-refractivity contribution is 0.308. The van der Waals surface area contributed by atoms with Gasteiger partial charge in [0.15, 0.2) is 0 Å². The number of halogens is 1. The van der Waals surface area contributed by atoms with Crippen LogP contribution in [0, 0.1) is 24.2 Å². The Hall–Kier alpha value is -2.13. The molecular formula is C31H46ClN3. The lowest BCUT2D eigenvalue weighted by atomic mass is 9.84. The van der Waals surface area contributed by atoms with Crippen molar-refractivity contribution < 1.29 is 0 Å². The van der Waals surface area contributed by atoms with E-state index in [4.69, 9.17) is 11.6 Å². The summed E-state index contributed by atoms with van der Waals surface area (Å²) in [6.07, 6.45) is 15.5. The fourth-order valence-electron chi connectivity index (χ4n) is 4.45. The van der Waals surface area contributed by atoms with Crippen LogP contribution in [-0.4, -0.2) is 24.1 Å². The van der Waals surface area contributed by atoms with Gasteiger partial charge in [0.05, 0.1) is 5.52 Å². The predicted octanol–water partition coefficient (Wildman–Crippen LogP) is 9.27. The van der Waals surface area contributed by atoms with Crippen molar-refractivity contribution in [2.75, 3.05) is 19.0 Å². The van der Waals surface area contributed by atoms with Crippen LogP contribution in [0.5, 0.6) is 0 Å². The van der Waals surface area contributed by atoms with Crippen LogP contribution in [0.3, 0.4) is 0 Å². The molecule has 2 aliphatic carbocycles. The van der Waals surface area contributed by atoms with E-state index < -0.39 is 0 Å². The predicted molar refractivity (Wildman–Crippen MR) is 155 cm³/mol. The molecule has 35 heavy (non-hydrogen) atoms. The minimum atomic E-state index is 0.418. The van der Waals surface area contributed by atoms with Crippen LogP contribution in [0.1, 0.15) is 78.5 Å².